The molecule has 5 heteroatoms. The maximum Gasteiger partial charge on any atom is 0.255 e. The lowest BCUT2D eigenvalue weighted by atomic mass is 9.89. The molecule has 146 valence electrons. The lowest BCUT2D eigenvalue weighted by Crippen LogP contribution is -2.63. The Labute approximate surface area is 166 Å². The Balaban J connectivity index is 1.47. The van der Waals surface area contributed by atoms with Crippen molar-refractivity contribution in [1.82, 2.24) is 10.2 Å². The fourth-order valence-electron chi connectivity index (χ4n) is 4.46. The van der Waals surface area contributed by atoms with E-state index in [1.54, 1.807) is 0 Å². The number of hydrogen-bond acceptors (Lipinski definition) is 3. The van der Waals surface area contributed by atoms with Gasteiger partial charge < -0.3 is 15.5 Å². The first-order valence-corrected chi connectivity index (χ1v) is 10.1. The first-order valence-electron chi connectivity index (χ1n) is 10.1. The molecule has 0 saturated carbocycles. The van der Waals surface area contributed by atoms with Crippen molar-refractivity contribution in [2.45, 2.75) is 44.7 Å². The van der Waals surface area contributed by atoms with Crippen LogP contribution in [0.2, 0.25) is 0 Å². The van der Waals surface area contributed by atoms with Gasteiger partial charge in [0, 0.05) is 31.6 Å². The van der Waals surface area contributed by atoms with E-state index in [0.29, 0.717) is 25.9 Å². The second-order valence-corrected chi connectivity index (χ2v) is 7.86. The van der Waals surface area contributed by atoms with E-state index in [-0.39, 0.29) is 17.7 Å². The molecule has 28 heavy (non-hydrogen) atoms. The van der Waals surface area contributed by atoms with Crippen LogP contribution in [0.25, 0.3) is 0 Å². The van der Waals surface area contributed by atoms with Crippen LogP contribution in [0.3, 0.4) is 0 Å². The summed E-state index contributed by atoms with van der Waals surface area (Å²) in [7, 11) is 0. The number of piperidine rings is 1. The third kappa shape index (κ3) is 3.26. The summed E-state index contributed by atoms with van der Waals surface area (Å²) < 4.78 is 0. The summed E-state index contributed by atoms with van der Waals surface area (Å²) in [5.41, 5.74) is 3.19. The molecule has 4 rings (SSSR count). The Morgan fingerprint density at radius 2 is 1.79 bits per heavy atom. The summed E-state index contributed by atoms with van der Waals surface area (Å²) >= 11 is 0. The van der Waals surface area contributed by atoms with Crippen LogP contribution in [-0.2, 0) is 4.79 Å². The van der Waals surface area contributed by atoms with Gasteiger partial charge in [-0.3, -0.25) is 9.59 Å². The predicted molar refractivity (Wildman–Crippen MR) is 110 cm³/mol. The average molecular weight is 377 g/mol. The second kappa shape index (κ2) is 7.30. The quantitative estimate of drug-likeness (QED) is 0.858. The smallest absolute Gasteiger partial charge is 0.255 e. The molecular formula is C23H27N3O2. The maximum atomic E-state index is 13.1. The van der Waals surface area contributed by atoms with Crippen molar-refractivity contribution in [1.29, 1.82) is 0 Å². The van der Waals surface area contributed by atoms with Crippen LogP contribution in [0, 0.1) is 6.92 Å². The minimum absolute atomic E-state index is 0.0256. The second-order valence-electron chi connectivity index (χ2n) is 7.86. The van der Waals surface area contributed by atoms with Crippen LogP contribution in [-0.4, -0.2) is 35.5 Å². The van der Waals surface area contributed by atoms with Gasteiger partial charge in [0.25, 0.3) is 5.91 Å². The van der Waals surface area contributed by atoms with Gasteiger partial charge >= 0.3 is 0 Å². The minimum Gasteiger partial charge on any atom is -0.362 e. The van der Waals surface area contributed by atoms with Gasteiger partial charge in [-0.1, -0.05) is 49.4 Å². The highest BCUT2D eigenvalue weighted by molar-refractivity contribution is 6.03. The summed E-state index contributed by atoms with van der Waals surface area (Å²) in [6.07, 6.45) is 2.18. The number of amides is 2. The van der Waals surface area contributed by atoms with E-state index in [1.807, 2.05) is 60.4 Å². The molecule has 2 heterocycles. The molecule has 1 unspecified atom stereocenters. The Kier molecular flexibility index (Phi) is 4.84. The van der Waals surface area contributed by atoms with Gasteiger partial charge in [-0.25, -0.2) is 0 Å². The molecule has 5 nitrogen and oxygen atoms in total. The summed E-state index contributed by atoms with van der Waals surface area (Å²) in [5.74, 6) is 0.0526. The number of rotatable bonds is 3. The summed E-state index contributed by atoms with van der Waals surface area (Å²) in [6, 6.07) is 15.9. The number of likely N-dealkylation sites (tertiary alicyclic amines) is 1. The Morgan fingerprint density at radius 1 is 1.07 bits per heavy atom. The van der Waals surface area contributed by atoms with E-state index in [9.17, 15) is 9.59 Å². The van der Waals surface area contributed by atoms with E-state index in [2.05, 4.69) is 17.6 Å². The van der Waals surface area contributed by atoms with Crippen molar-refractivity contribution in [2.24, 2.45) is 0 Å². The van der Waals surface area contributed by atoms with Crippen molar-refractivity contribution in [3.05, 3.63) is 65.2 Å². The third-order valence-electron chi connectivity index (χ3n) is 6.06. The molecule has 2 amide bonds. The van der Waals surface area contributed by atoms with Gasteiger partial charge in [0.1, 0.15) is 5.66 Å². The highest BCUT2D eigenvalue weighted by atomic mass is 16.2. The number of carbonyl (C=O) groups is 2. The molecule has 1 atom stereocenters. The minimum atomic E-state index is -0.469. The standard InChI is InChI=1S/C23H27N3O2/c1-3-18(17-9-5-4-6-10-17)22(28)26-14-12-23(13-15-26)24-19-11-7-8-16(2)20(19)21(27)25-23/h4-11,18,24H,3,12-15H2,1-2H3,(H,25,27). The van der Waals surface area contributed by atoms with Gasteiger partial charge in [-0.05, 0) is 30.5 Å². The average Bonchev–Trinajstić information content (AvgIpc) is 2.69. The van der Waals surface area contributed by atoms with E-state index < -0.39 is 5.66 Å². The topological polar surface area (TPSA) is 61.4 Å². The number of nitrogens with zero attached hydrogens (tertiary/aromatic N) is 1. The molecule has 1 saturated heterocycles. The van der Waals surface area contributed by atoms with Crippen LogP contribution in [0.5, 0.6) is 0 Å². The van der Waals surface area contributed by atoms with Crippen molar-refractivity contribution in [2.75, 3.05) is 18.4 Å². The van der Waals surface area contributed by atoms with Gasteiger partial charge in [0.05, 0.1) is 11.5 Å². The molecule has 1 spiro atoms. The Hall–Kier alpha value is -2.82. The zero-order valence-electron chi connectivity index (χ0n) is 16.5. The zero-order chi connectivity index (χ0) is 19.7. The molecule has 2 aromatic rings. The number of nitrogens with one attached hydrogen (secondary N) is 2. The van der Waals surface area contributed by atoms with Crippen LogP contribution in [0.1, 0.15) is 53.6 Å². The lowest BCUT2D eigenvalue weighted by Gasteiger charge is -2.46. The van der Waals surface area contributed by atoms with Crippen molar-refractivity contribution >= 4 is 17.5 Å². The molecule has 2 aromatic carbocycles. The number of fused-ring (bicyclic) bond motifs is 1. The van der Waals surface area contributed by atoms with Crippen LogP contribution in [0.4, 0.5) is 5.69 Å². The first kappa shape index (κ1) is 18.5. The third-order valence-corrected chi connectivity index (χ3v) is 6.06. The Bertz CT molecular complexity index is 886. The molecular weight excluding hydrogens is 350 g/mol. The molecule has 2 aliphatic heterocycles. The number of aryl methyl sites for hydroxylation is 1. The molecule has 0 bridgehead atoms. The summed E-state index contributed by atoms with van der Waals surface area (Å²) in [6.45, 7) is 5.28. The largest absolute Gasteiger partial charge is 0.362 e. The van der Waals surface area contributed by atoms with Crippen molar-refractivity contribution in [3.63, 3.8) is 0 Å². The molecule has 1 fully saturated rings. The fraction of sp³-hybridized carbons (Fsp3) is 0.391. The fourth-order valence-corrected chi connectivity index (χ4v) is 4.46. The van der Waals surface area contributed by atoms with Crippen LogP contribution in [0.15, 0.2) is 48.5 Å². The van der Waals surface area contributed by atoms with E-state index >= 15 is 0 Å². The van der Waals surface area contributed by atoms with Crippen LogP contribution < -0.4 is 10.6 Å². The summed E-state index contributed by atoms with van der Waals surface area (Å²) in [5, 5.41) is 6.72. The summed E-state index contributed by atoms with van der Waals surface area (Å²) in [4.78, 5) is 27.8. The van der Waals surface area contributed by atoms with E-state index in [0.717, 1.165) is 28.8 Å². The first-order chi connectivity index (χ1) is 13.5. The van der Waals surface area contributed by atoms with Gasteiger partial charge in [-0.2, -0.15) is 0 Å². The normalized spacial score (nSPS) is 18.8. The highest BCUT2D eigenvalue weighted by Crippen LogP contribution is 2.33. The number of hydrogen-bond donors (Lipinski definition) is 2. The Morgan fingerprint density at radius 3 is 2.46 bits per heavy atom. The van der Waals surface area contributed by atoms with E-state index in [4.69, 9.17) is 0 Å². The van der Waals surface area contributed by atoms with Gasteiger partial charge in [-0.15, -0.1) is 0 Å². The molecule has 0 aliphatic carbocycles. The maximum absolute atomic E-state index is 13.1. The highest BCUT2D eigenvalue weighted by Gasteiger charge is 2.42. The van der Waals surface area contributed by atoms with Crippen molar-refractivity contribution in [3.8, 4) is 0 Å². The molecule has 0 aromatic heterocycles. The number of anilines is 1. The molecule has 0 radical (unpaired) electrons. The number of carbonyl (C=O) groups excluding carboxylic acids is 2. The number of benzene rings is 2. The molecule has 2 N–H and O–H groups in total. The monoisotopic (exact) mass is 377 g/mol. The van der Waals surface area contributed by atoms with E-state index in [1.165, 1.54) is 0 Å². The zero-order valence-corrected chi connectivity index (χ0v) is 16.5. The van der Waals surface area contributed by atoms with Crippen LogP contribution >= 0.6 is 0 Å². The van der Waals surface area contributed by atoms with Crippen molar-refractivity contribution < 1.29 is 9.59 Å². The van der Waals surface area contributed by atoms with Gasteiger partial charge in [0.15, 0.2) is 0 Å². The molecule has 2 aliphatic rings. The van der Waals surface area contributed by atoms with Gasteiger partial charge in [0.2, 0.25) is 5.91 Å². The predicted octanol–water partition coefficient (Wildman–Crippen LogP) is 3.66. The lowest BCUT2D eigenvalue weighted by molar-refractivity contribution is -0.134. The SMILES string of the molecule is CCC(C(=O)N1CCC2(CC1)NC(=O)c1c(C)cccc1N2)c1ccccc1.